The molecule has 1 saturated heterocycles. The molecule has 6 nitrogen and oxygen atoms in total. The first-order valence-electron chi connectivity index (χ1n) is 8.78. The van der Waals surface area contributed by atoms with Gasteiger partial charge in [0.1, 0.15) is 11.5 Å². The monoisotopic (exact) mass is 338 g/mol. The molecule has 25 heavy (non-hydrogen) atoms. The van der Waals surface area contributed by atoms with E-state index in [0.29, 0.717) is 29.2 Å². The third-order valence-corrected chi connectivity index (χ3v) is 4.88. The Kier molecular flexibility index (Phi) is 4.13. The van der Waals surface area contributed by atoms with Crippen molar-refractivity contribution in [2.24, 2.45) is 5.92 Å². The number of hydrogen-bond donors (Lipinski definition) is 0. The van der Waals surface area contributed by atoms with E-state index in [0.717, 1.165) is 30.8 Å². The molecule has 0 bridgehead atoms. The number of hydrogen-bond acceptors (Lipinski definition) is 5. The molecule has 0 unspecified atom stereocenters. The first kappa shape index (κ1) is 16.0. The summed E-state index contributed by atoms with van der Waals surface area (Å²) in [6, 6.07) is 9.88. The van der Waals surface area contributed by atoms with Gasteiger partial charge < -0.3 is 4.52 Å². The van der Waals surface area contributed by atoms with Crippen molar-refractivity contribution in [3.8, 4) is 11.3 Å². The van der Waals surface area contributed by atoms with Crippen LogP contribution in [0.3, 0.4) is 0 Å². The minimum absolute atomic E-state index is 0.190. The maximum Gasteiger partial charge on any atom is 0.298 e. The fraction of sp³-hybridized carbons (Fsp3) is 0.421. The topological polar surface area (TPSA) is 64.2 Å². The van der Waals surface area contributed by atoms with Crippen molar-refractivity contribution in [3.63, 3.8) is 0 Å². The van der Waals surface area contributed by atoms with E-state index in [1.165, 1.54) is 11.1 Å². The van der Waals surface area contributed by atoms with Gasteiger partial charge in [0.25, 0.3) is 5.56 Å². The second-order valence-electron chi connectivity index (χ2n) is 6.95. The quantitative estimate of drug-likeness (QED) is 0.734. The fourth-order valence-corrected chi connectivity index (χ4v) is 3.63. The predicted molar refractivity (Wildman–Crippen MR) is 96.2 cm³/mol. The van der Waals surface area contributed by atoms with Gasteiger partial charge in [0.15, 0.2) is 5.52 Å². The van der Waals surface area contributed by atoms with Crippen LogP contribution in [-0.2, 0) is 6.67 Å². The molecular formula is C19H22N4O2. The molecule has 130 valence electrons. The molecule has 3 aromatic rings. The van der Waals surface area contributed by atoms with Gasteiger partial charge in [-0.2, -0.15) is 5.10 Å². The largest absolute Gasteiger partial charge is 0.360 e. The molecule has 1 fully saturated rings. The lowest BCUT2D eigenvalue weighted by molar-refractivity contribution is 0.136. The highest BCUT2D eigenvalue weighted by molar-refractivity contribution is 5.92. The van der Waals surface area contributed by atoms with Crippen LogP contribution in [0.4, 0.5) is 0 Å². The number of likely N-dealkylation sites (tertiary alicyclic amines) is 1. The minimum atomic E-state index is -0.190. The summed E-state index contributed by atoms with van der Waals surface area (Å²) in [4.78, 5) is 15.1. The van der Waals surface area contributed by atoms with Crippen molar-refractivity contribution in [1.82, 2.24) is 19.8 Å². The summed E-state index contributed by atoms with van der Waals surface area (Å²) in [7, 11) is 0. The second-order valence-corrected chi connectivity index (χ2v) is 6.95. The molecule has 0 amide bonds. The molecule has 0 spiro atoms. The van der Waals surface area contributed by atoms with Crippen LogP contribution < -0.4 is 5.56 Å². The lowest BCUT2D eigenvalue weighted by Gasteiger charge is -2.30. The number of benzene rings is 1. The Bertz CT molecular complexity index is 945. The van der Waals surface area contributed by atoms with E-state index in [9.17, 15) is 4.79 Å². The summed E-state index contributed by atoms with van der Waals surface area (Å²) in [5.74, 6) is 1.27. The highest BCUT2D eigenvalue weighted by atomic mass is 16.5. The van der Waals surface area contributed by atoms with Crippen molar-refractivity contribution >= 4 is 10.9 Å². The van der Waals surface area contributed by atoms with E-state index in [2.05, 4.69) is 22.1 Å². The van der Waals surface area contributed by atoms with Crippen molar-refractivity contribution in [1.29, 1.82) is 0 Å². The standard InChI is InChI=1S/C19H22N4O2/c1-13-7-6-10-22(11-13)12-23-19(24)18-16(14(2)25-21-18)17(20-23)15-8-4-3-5-9-15/h3-5,8-9,13H,6-7,10-12H2,1-2H3/t13-/m0/s1. The summed E-state index contributed by atoms with van der Waals surface area (Å²) in [6.45, 7) is 6.55. The molecule has 1 atom stereocenters. The van der Waals surface area contributed by atoms with Crippen molar-refractivity contribution in [3.05, 3.63) is 46.4 Å². The molecule has 1 aromatic carbocycles. The van der Waals surface area contributed by atoms with Gasteiger partial charge in [-0.1, -0.05) is 42.4 Å². The summed E-state index contributed by atoms with van der Waals surface area (Å²) < 4.78 is 6.84. The van der Waals surface area contributed by atoms with E-state index in [1.807, 2.05) is 37.3 Å². The molecule has 0 N–H and O–H groups in total. The molecule has 2 aromatic heterocycles. The van der Waals surface area contributed by atoms with Gasteiger partial charge in [0, 0.05) is 12.1 Å². The molecule has 3 heterocycles. The van der Waals surface area contributed by atoms with Crippen molar-refractivity contribution in [2.75, 3.05) is 13.1 Å². The highest BCUT2D eigenvalue weighted by Crippen LogP contribution is 2.27. The number of fused-ring (bicyclic) bond motifs is 1. The average Bonchev–Trinajstić information content (AvgIpc) is 3.00. The van der Waals surface area contributed by atoms with Gasteiger partial charge in [-0.15, -0.1) is 0 Å². The van der Waals surface area contributed by atoms with E-state index >= 15 is 0 Å². The molecule has 1 aliphatic rings. The van der Waals surface area contributed by atoms with Crippen LogP contribution in [0.25, 0.3) is 22.2 Å². The number of aryl methyl sites for hydroxylation is 1. The Hall–Kier alpha value is -2.47. The molecule has 1 aliphatic heterocycles. The van der Waals surface area contributed by atoms with Crippen LogP contribution >= 0.6 is 0 Å². The molecule has 0 aliphatic carbocycles. The third-order valence-electron chi connectivity index (χ3n) is 4.88. The summed E-state index contributed by atoms with van der Waals surface area (Å²) in [5, 5.41) is 9.40. The lowest BCUT2D eigenvalue weighted by atomic mass is 10.0. The van der Waals surface area contributed by atoms with Gasteiger partial charge in [-0.05, 0) is 32.2 Å². The number of piperidine rings is 1. The van der Waals surface area contributed by atoms with Crippen LogP contribution in [0.15, 0.2) is 39.6 Å². The zero-order valence-electron chi connectivity index (χ0n) is 14.6. The van der Waals surface area contributed by atoms with E-state index < -0.39 is 0 Å². The lowest BCUT2D eigenvalue weighted by Crippen LogP contribution is -2.39. The SMILES string of the molecule is Cc1onc2c(=O)n(CN3CCC[C@H](C)C3)nc(-c3ccccc3)c12. The molecule has 0 radical (unpaired) electrons. The van der Waals surface area contributed by atoms with E-state index in [1.54, 1.807) is 0 Å². The zero-order valence-corrected chi connectivity index (χ0v) is 14.6. The van der Waals surface area contributed by atoms with Gasteiger partial charge in [0.05, 0.1) is 12.1 Å². The third kappa shape index (κ3) is 2.98. The first-order valence-corrected chi connectivity index (χ1v) is 8.78. The van der Waals surface area contributed by atoms with Gasteiger partial charge in [-0.25, -0.2) is 4.68 Å². The average molecular weight is 338 g/mol. The Morgan fingerprint density at radius 3 is 2.84 bits per heavy atom. The maximum absolute atomic E-state index is 12.8. The fourth-order valence-electron chi connectivity index (χ4n) is 3.63. The van der Waals surface area contributed by atoms with Crippen LogP contribution in [0.2, 0.25) is 0 Å². The summed E-state index contributed by atoms with van der Waals surface area (Å²) >= 11 is 0. The summed E-state index contributed by atoms with van der Waals surface area (Å²) in [5.41, 5.74) is 1.87. The maximum atomic E-state index is 12.8. The molecule has 4 rings (SSSR count). The Balaban J connectivity index is 1.82. The number of rotatable bonds is 3. The van der Waals surface area contributed by atoms with Crippen LogP contribution in [-0.4, -0.2) is 32.9 Å². The van der Waals surface area contributed by atoms with E-state index in [-0.39, 0.29) is 5.56 Å². The van der Waals surface area contributed by atoms with Gasteiger partial charge >= 0.3 is 0 Å². The van der Waals surface area contributed by atoms with Crippen molar-refractivity contribution < 1.29 is 4.52 Å². The van der Waals surface area contributed by atoms with Gasteiger partial charge in [-0.3, -0.25) is 9.69 Å². The Morgan fingerprint density at radius 1 is 1.28 bits per heavy atom. The normalized spacial score (nSPS) is 18.7. The Morgan fingerprint density at radius 2 is 2.08 bits per heavy atom. The smallest absolute Gasteiger partial charge is 0.298 e. The van der Waals surface area contributed by atoms with Crippen LogP contribution in [0.1, 0.15) is 25.5 Å². The van der Waals surface area contributed by atoms with Crippen molar-refractivity contribution in [2.45, 2.75) is 33.4 Å². The first-order chi connectivity index (χ1) is 12.1. The summed E-state index contributed by atoms with van der Waals surface area (Å²) in [6.07, 6.45) is 2.41. The molecular weight excluding hydrogens is 316 g/mol. The van der Waals surface area contributed by atoms with Gasteiger partial charge in [0.2, 0.25) is 0 Å². The number of nitrogens with zero attached hydrogens (tertiary/aromatic N) is 4. The second kappa shape index (κ2) is 6.44. The molecule has 6 heteroatoms. The Labute approximate surface area is 146 Å². The zero-order chi connectivity index (χ0) is 17.4. The predicted octanol–water partition coefficient (Wildman–Crippen LogP) is 3.05. The van der Waals surface area contributed by atoms with Crippen LogP contribution in [0, 0.1) is 12.8 Å². The highest BCUT2D eigenvalue weighted by Gasteiger charge is 2.21. The molecule has 0 saturated carbocycles. The minimum Gasteiger partial charge on any atom is -0.360 e. The van der Waals surface area contributed by atoms with E-state index in [4.69, 9.17) is 4.52 Å². The van der Waals surface area contributed by atoms with Crippen LogP contribution in [0.5, 0.6) is 0 Å². The number of aromatic nitrogens is 3.